The van der Waals surface area contributed by atoms with Gasteiger partial charge in [0.05, 0.1) is 6.61 Å². The van der Waals surface area contributed by atoms with Gasteiger partial charge in [-0.1, -0.05) is 18.2 Å². The Morgan fingerprint density at radius 1 is 1.05 bits per heavy atom. The fourth-order valence-corrected chi connectivity index (χ4v) is 2.00. The van der Waals surface area contributed by atoms with E-state index < -0.39 is 11.6 Å². The van der Waals surface area contributed by atoms with Crippen molar-refractivity contribution in [2.24, 2.45) is 0 Å². The SMILES string of the molecule is CCOc1cc(CCl)ccc1OCc1cccc(F)c1F. The summed E-state index contributed by atoms with van der Waals surface area (Å²) in [5.41, 5.74) is 1.04. The van der Waals surface area contributed by atoms with Crippen LogP contribution in [0.3, 0.4) is 0 Å². The molecular weight excluding hydrogens is 298 g/mol. The first-order valence-electron chi connectivity index (χ1n) is 6.53. The van der Waals surface area contributed by atoms with Crippen LogP contribution in [0.5, 0.6) is 11.5 Å². The summed E-state index contributed by atoms with van der Waals surface area (Å²) >= 11 is 5.77. The van der Waals surface area contributed by atoms with Crippen LogP contribution in [-0.2, 0) is 12.5 Å². The highest BCUT2D eigenvalue weighted by molar-refractivity contribution is 6.17. The number of hydrogen-bond acceptors (Lipinski definition) is 2. The molecule has 0 N–H and O–H groups in total. The number of hydrogen-bond donors (Lipinski definition) is 0. The maximum absolute atomic E-state index is 13.6. The van der Waals surface area contributed by atoms with Crippen LogP contribution in [0, 0.1) is 11.6 Å². The standard InChI is InChI=1S/C16H15ClF2O2/c1-2-20-15-8-11(9-17)6-7-14(15)21-10-12-4-3-5-13(18)16(12)19/h3-8H,2,9-10H2,1H3. The summed E-state index contributed by atoms with van der Waals surface area (Å²) in [5.74, 6) is -0.424. The van der Waals surface area contributed by atoms with Gasteiger partial charge >= 0.3 is 0 Å². The molecule has 0 radical (unpaired) electrons. The van der Waals surface area contributed by atoms with E-state index in [0.29, 0.717) is 24.0 Å². The molecule has 0 bridgehead atoms. The molecule has 0 saturated carbocycles. The first-order valence-corrected chi connectivity index (χ1v) is 7.06. The van der Waals surface area contributed by atoms with Crippen LogP contribution in [0.25, 0.3) is 0 Å². The van der Waals surface area contributed by atoms with E-state index in [4.69, 9.17) is 21.1 Å². The summed E-state index contributed by atoms with van der Waals surface area (Å²) in [4.78, 5) is 0. The van der Waals surface area contributed by atoms with Crippen molar-refractivity contribution >= 4 is 11.6 Å². The molecule has 0 atom stereocenters. The molecule has 112 valence electrons. The Hall–Kier alpha value is -1.81. The molecule has 21 heavy (non-hydrogen) atoms. The van der Waals surface area contributed by atoms with Gasteiger partial charge in [0.25, 0.3) is 0 Å². The van der Waals surface area contributed by atoms with Crippen molar-refractivity contribution in [3.63, 3.8) is 0 Å². The third kappa shape index (κ3) is 3.85. The first-order chi connectivity index (χ1) is 10.2. The summed E-state index contributed by atoms with van der Waals surface area (Å²) in [6.45, 7) is 2.24. The summed E-state index contributed by atoms with van der Waals surface area (Å²) in [6.07, 6.45) is 0. The molecule has 0 spiro atoms. The number of rotatable bonds is 6. The zero-order chi connectivity index (χ0) is 15.2. The molecule has 0 amide bonds. The second kappa shape index (κ2) is 7.27. The van der Waals surface area contributed by atoms with Crippen LogP contribution < -0.4 is 9.47 Å². The van der Waals surface area contributed by atoms with Crippen molar-refractivity contribution in [2.45, 2.75) is 19.4 Å². The lowest BCUT2D eigenvalue weighted by atomic mass is 10.2. The molecule has 2 nitrogen and oxygen atoms in total. The normalized spacial score (nSPS) is 10.5. The van der Waals surface area contributed by atoms with Crippen LogP contribution in [0.4, 0.5) is 8.78 Å². The minimum absolute atomic E-state index is 0.0795. The Labute approximate surface area is 127 Å². The Kier molecular flexibility index (Phi) is 5.39. The quantitative estimate of drug-likeness (QED) is 0.721. The molecule has 2 aromatic rings. The van der Waals surface area contributed by atoms with Gasteiger partial charge in [-0.15, -0.1) is 11.6 Å². The van der Waals surface area contributed by atoms with Gasteiger partial charge < -0.3 is 9.47 Å². The van der Waals surface area contributed by atoms with Gasteiger partial charge in [0, 0.05) is 11.4 Å². The maximum Gasteiger partial charge on any atom is 0.165 e. The van der Waals surface area contributed by atoms with Gasteiger partial charge in [0.2, 0.25) is 0 Å². The lowest BCUT2D eigenvalue weighted by molar-refractivity contribution is 0.264. The predicted octanol–water partition coefficient (Wildman–Crippen LogP) is 4.68. The van der Waals surface area contributed by atoms with Crippen LogP contribution in [0.2, 0.25) is 0 Å². The number of halogens is 3. The Bertz CT molecular complexity index is 617. The molecule has 0 heterocycles. The predicted molar refractivity (Wildman–Crippen MR) is 77.9 cm³/mol. The average Bonchev–Trinajstić information content (AvgIpc) is 2.50. The molecule has 0 aromatic heterocycles. The maximum atomic E-state index is 13.6. The van der Waals surface area contributed by atoms with Crippen molar-refractivity contribution in [1.82, 2.24) is 0 Å². The molecule has 5 heteroatoms. The molecule has 0 aliphatic heterocycles. The smallest absolute Gasteiger partial charge is 0.165 e. The highest BCUT2D eigenvalue weighted by Gasteiger charge is 2.11. The summed E-state index contributed by atoms with van der Waals surface area (Å²) < 4.78 is 37.7. The molecular formula is C16H15ClF2O2. The van der Waals surface area contributed by atoms with Gasteiger partial charge in [-0.2, -0.15) is 0 Å². The highest BCUT2D eigenvalue weighted by Crippen LogP contribution is 2.30. The van der Waals surface area contributed by atoms with E-state index in [0.717, 1.165) is 11.6 Å². The molecule has 2 aromatic carbocycles. The van der Waals surface area contributed by atoms with Crippen LogP contribution in [0.1, 0.15) is 18.1 Å². The van der Waals surface area contributed by atoms with Crippen molar-refractivity contribution in [2.75, 3.05) is 6.61 Å². The zero-order valence-electron chi connectivity index (χ0n) is 11.5. The van der Waals surface area contributed by atoms with E-state index in [-0.39, 0.29) is 12.2 Å². The van der Waals surface area contributed by atoms with Crippen LogP contribution >= 0.6 is 11.6 Å². The van der Waals surface area contributed by atoms with Gasteiger partial charge in [-0.05, 0) is 30.7 Å². The summed E-state index contributed by atoms with van der Waals surface area (Å²) in [5, 5.41) is 0. The molecule has 0 unspecified atom stereocenters. The largest absolute Gasteiger partial charge is 0.490 e. The highest BCUT2D eigenvalue weighted by atomic mass is 35.5. The van der Waals surface area contributed by atoms with Gasteiger partial charge in [-0.3, -0.25) is 0 Å². The molecule has 0 fully saturated rings. The molecule has 0 aliphatic rings. The van der Waals surface area contributed by atoms with Gasteiger partial charge in [0.15, 0.2) is 23.1 Å². The molecule has 0 saturated heterocycles. The Morgan fingerprint density at radius 2 is 1.86 bits per heavy atom. The summed E-state index contributed by atoms with van der Waals surface area (Å²) in [7, 11) is 0. The second-order valence-electron chi connectivity index (χ2n) is 4.35. The van der Waals surface area contributed by atoms with Gasteiger partial charge in [0.1, 0.15) is 6.61 Å². The van der Waals surface area contributed by atoms with E-state index in [9.17, 15) is 8.78 Å². The van der Waals surface area contributed by atoms with Crippen molar-refractivity contribution in [3.8, 4) is 11.5 Å². The minimum atomic E-state index is -0.896. The third-order valence-electron chi connectivity index (χ3n) is 2.88. The van der Waals surface area contributed by atoms with Crippen molar-refractivity contribution < 1.29 is 18.3 Å². The fraction of sp³-hybridized carbons (Fsp3) is 0.250. The van der Waals surface area contributed by atoms with E-state index in [2.05, 4.69) is 0 Å². The third-order valence-corrected chi connectivity index (χ3v) is 3.19. The Balaban J connectivity index is 2.17. The second-order valence-corrected chi connectivity index (χ2v) is 4.62. The Morgan fingerprint density at radius 3 is 2.57 bits per heavy atom. The van der Waals surface area contributed by atoms with Crippen LogP contribution in [0.15, 0.2) is 36.4 Å². The lowest BCUT2D eigenvalue weighted by Crippen LogP contribution is -2.03. The fourth-order valence-electron chi connectivity index (χ4n) is 1.84. The van der Waals surface area contributed by atoms with E-state index in [1.54, 1.807) is 18.2 Å². The van der Waals surface area contributed by atoms with E-state index in [1.165, 1.54) is 12.1 Å². The van der Waals surface area contributed by atoms with Crippen molar-refractivity contribution in [1.29, 1.82) is 0 Å². The lowest BCUT2D eigenvalue weighted by Gasteiger charge is -2.13. The monoisotopic (exact) mass is 312 g/mol. The van der Waals surface area contributed by atoms with E-state index >= 15 is 0 Å². The first kappa shape index (κ1) is 15.6. The number of alkyl halides is 1. The number of benzene rings is 2. The van der Waals surface area contributed by atoms with E-state index in [1.807, 2.05) is 6.92 Å². The van der Waals surface area contributed by atoms with Crippen LogP contribution in [-0.4, -0.2) is 6.61 Å². The van der Waals surface area contributed by atoms with Crippen molar-refractivity contribution in [3.05, 3.63) is 59.2 Å². The zero-order valence-corrected chi connectivity index (χ0v) is 12.3. The number of ether oxygens (including phenoxy) is 2. The topological polar surface area (TPSA) is 18.5 Å². The molecule has 0 aliphatic carbocycles. The average molecular weight is 313 g/mol. The van der Waals surface area contributed by atoms with Gasteiger partial charge in [-0.25, -0.2) is 8.78 Å². The minimum Gasteiger partial charge on any atom is -0.490 e. The summed E-state index contributed by atoms with van der Waals surface area (Å²) in [6, 6.07) is 9.27. The molecule has 2 rings (SSSR count).